The largest absolute Gasteiger partial charge is 0.487 e. The highest BCUT2D eigenvalue weighted by atomic mass is 32.1. The number of aromatic nitrogens is 1. The van der Waals surface area contributed by atoms with Crippen LogP contribution < -0.4 is 10.5 Å². The van der Waals surface area contributed by atoms with Crippen LogP contribution in [0.4, 0.5) is 5.69 Å². The number of anilines is 1. The molecule has 2 N–H and O–H groups in total. The summed E-state index contributed by atoms with van der Waals surface area (Å²) in [6, 6.07) is 14.1. The minimum Gasteiger partial charge on any atom is -0.487 e. The molecule has 0 atom stereocenters. The van der Waals surface area contributed by atoms with E-state index in [9.17, 15) is 0 Å². The molecule has 0 amide bonds. The highest BCUT2D eigenvalue weighted by molar-refractivity contribution is 7.14. The second-order valence-corrected chi connectivity index (χ2v) is 6.54. The molecule has 0 fully saturated rings. The number of hydrogen-bond donors (Lipinski definition) is 1. The van der Waals surface area contributed by atoms with Gasteiger partial charge in [0.1, 0.15) is 17.4 Å². The number of hydrogen-bond acceptors (Lipinski definition) is 4. The van der Waals surface area contributed by atoms with Crippen LogP contribution in [0, 0.1) is 13.8 Å². The van der Waals surface area contributed by atoms with E-state index in [0.29, 0.717) is 18.0 Å². The summed E-state index contributed by atoms with van der Waals surface area (Å²) in [6.07, 6.45) is 1.87. The smallest absolute Gasteiger partial charge is 0.142 e. The third-order valence-electron chi connectivity index (χ3n) is 3.39. The molecule has 0 radical (unpaired) electrons. The summed E-state index contributed by atoms with van der Waals surface area (Å²) in [5, 5.41) is 0.981. The molecule has 0 aliphatic rings. The summed E-state index contributed by atoms with van der Waals surface area (Å²) in [7, 11) is 0. The maximum absolute atomic E-state index is 6.11. The topological polar surface area (TPSA) is 48.1 Å². The van der Waals surface area contributed by atoms with Gasteiger partial charge < -0.3 is 10.5 Å². The molecule has 3 rings (SSSR count). The van der Waals surface area contributed by atoms with Crippen molar-refractivity contribution in [3.05, 3.63) is 64.7 Å². The van der Waals surface area contributed by atoms with Crippen LogP contribution in [-0.2, 0) is 6.61 Å². The van der Waals surface area contributed by atoms with E-state index in [0.717, 1.165) is 16.1 Å². The van der Waals surface area contributed by atoms with Crippen LogP contribution in [0.3, 0.4) is 0 Å². The molecule has 4 heteroatoms. The van der Waals surface area contributed by atoms with Gasteiger partial charge in [-0.15, -0.1) is 11.3 Å². The number of benzene rings is 2. The predicted molar refractivity (Wildman–Crippen MR) is 92.2 cm³/mol. The molecule has 1 heterocycles. The van der Waals surface area contributed by atoms with Crippen molar-refractivity contribution in [2.24, 2.45) is 0 Å². The van der Waals surface area contributed by atoms with Gasteiger partial charge in [-0.1, -0.05) is 29.8 Å². The summed E-state index contributed by atoms with van der Waals surface area (Å²) >= 11 is 1.66. The molecule has 22 heavy (non-hydrogen) atoms. The Morgan fingerprint density at radius 1 is 1.09 bits per heavy atom. The van der Waals surface area contributed by atoms with E-state index in [-0.39, 0.29) is 0 Å². The number of rotatable bonds is 4. The zero-order valence-electron chi connectivity index (χ0n) is 12.7. The molecule has 0 saturated heterocycles. The molecule has 0 bridgehead atoms. The molecule has 112 valence electrons. The van der Waals surface area contributed by atoms with Crippen LogP contribution in [0.1, 0.15) is 16.0 Å². The number of aryl methyl sites for hydroxylation is 2. The monoisotopic (exact) mass is 310 g/mol. The first-order chi connectivity index (χ1) is 10.6. The molecular weight excluding hydrogens is 292 g/mol. The van der Waals surface area contributed by atoms with Crippen LogP contribution in [0.15, 0.2) is 48.7 Å². The maximum atomic E-state index is 6.11. The van der Waals surface area contributed by atoms with E-state index < -0.39 is 0 Å². The number of nitrogens with two attached hydrogens (primary N) is 1. The van der Waals surface area contributed by atoms with Gasteiger partial charge in [-0.25, -0.2) is 4.98 Å². The first-order valence-electron chi connectivity index (χ1n) is 7.12. The Kier molecular flexibility index (Phi) is 4.11. The van der Waals surface area contributed by atoms with E-state index in [2.05, 4.69) is 36.2 Å². The summed E-state index contributed by atoms with van der Waals surface area (Å²) in [5.74, 6) is 0.706. The van der Waals surface area contributed by atoms with Gasteiger partial charge in [0, 0.05) is 16.6 Å². The fourth-order valence-electron chi connectivity index (χ4n) is 2.15. The molecule has 3 aromatic rings. The van der Waals surface area contributed by atoms with E-state index >= 15 is 0 Å². The molecule has 0 spiro atoms. The lowest BCUT2D eigenvalue weighted by atomic mass is 10.1. The van der Waals surface area contributed by atoms with Gasteiger partial charge in [0.15, 0.2) is 0 Å². The van der Waals surface area contributed by atoms with Crippen molar-refractivity contribution in [1.82, 2.24) is 4.98 Å². The number of ether oxygens (including phenoxy) is 1. The standard InChI is InChI=1S/C18H18N2OS/c1-12-3-5-14(6-4-12)11-21-17-8-7-15(9-16(17)19)18-20-10-13(2)22-18/h3-10H,11,19H2,1-2H3. The Balaban J connectivity index is 1.73. The van der Waals surface area contributed by atoms with E-state index in [1.165, 1.54) is 10.4 Å². The average molecular weight is 310 g/mol. The van der Waals surface area contributed by atoms with Gasteiger partial charge in [-0.05, 0) is 37.6 Å². The van der Waals surface area contributed by atoms with Crippen molar-refractivity contribution in [3.63, 3.8) is 0 Å². The van der Waals surface area contributed by atoms with Crippen LogP contribution in [0.2, 0.25) is 0 Å². The lowest BCUT2D eigenvalue weighted by molar-refractivity contribution is 0.308. The van der Waals surface area contributed by atoms with Crippen molar-refractivity contribution in [3.8, 4) is 16.3 Å². The van der Waals surface area contributed by atoms with Crippen molar-refractivity contribution >= 4 is 17.0 Å². The van der Waals surface area contributed by atoms with E-state index in [1.807, 2.05) is 31.3 Å². The van der Waals surface area contributed by atoms with E-state index in [1.54, 1.807) is 11.3 Å². The quantitative estimate of drug-likeness (QED) is 0.717. The fourth-order valence-corrected chi connectivity index (χ4v) is 2.91. The molecule has 1 aromatic heterocycles. The summed E-state index contributed by atoms with van der Waals surface area (Å²) in [6.45, 7) is 4.63. The number of nitrogens with zero attached hydrogens (tertiary/aromatic N) is 1. The fraction of sp³-hybridized carbons (Fsp3) is 0.167. The minimum atomic E-state index is 0.514. The van der Waals surface area contributed by atoms with Crippen molar-refractivity contribution in [1.29, 1.82) is 0 Å². The molecule has 0 aliphatic carbocycles. The van der Waals surface area contributed by atoms with Gasteiger partial charge >= 0.3 is 0 Å². The second kappa shape index (κ2) is 6.20. The highest BCUT2D eigenvalue weighted by Crippen LogP contribution is 2.31. The molecular formula is C18H18N2OS. The summed E-state index contributed by atoms with van der Waals surface area (Å²) in [4.78, 5) is 5.57. The maximum Gasteiger partial charge on any atom is 0.142 e. The Labute approximate surface area is 134 Å². The second-order valence-electron chi connectivity index (χ2n) is 5.30. The van der Waals surface area contributed by atoms with Gasteiger partial charge in [0.2, 0.25) is 0 Å². The molecule has 3 nitrogen and oxygen atoms in total. The third-order valence-corrected chi connectivity index (χ3v) is 4.35. The van der Waals surface area contributed by atoms with E-state index in [4.69, 9.17) is 10.5 Å². The lowest BCUT2D eigenvalue weighted by Crippen LogP contribution is -1.99. The third kappa shape index (κ3) is 3.28. The van der Waals surface area contributed by atoms with Crippen LogP contribution in [0.5, 0.6) is 5.75 Å². The summed E-state index contributed by atoms with van der Waals surface area (Å²) < 4.78 is 5.82. The summed E-state index contributed by atoms with van der Waals surface area (Å²) in [5.41, 5.74) is 10.1. The predicted octanol–water partition coefficient (Wildman–Crippen LogP) is 4.59. The van der Waals surface area contributed by atoms with Crippen LogP contribution in [-0.4, -0.2) is 4.98 Å². The van der Waals surface area contributed by atoms with Gasteiger partial charge in [0.05, 0.1) is 5.69 Å². The molecule has 0 aliphatic heterocycles. The Bertz CT molecular complexity index is 778. The van der Waals surface area contributed by atoms with Crippen LogP contribution >= 0.6 is 11.3 Å². The zero-order valence-corrected chi connectivity index (χ0v) is 13.5. The Morgan fingerprint density at radius 2 is 1.86 bits per heavy atom. The lowest BCUT2D eigenvalue weighted by Gasteiger charge is -2.10. The van der Waals surface area contributed by atoms with Gasteiger partial charge in [-0.2, -0.15) is 0 Å². The highest BCUT2D eigenvalue weighted by Gasteiger charge is 2.07. The SMILES string of the molecule is Cc1ccc(COc2ccc(-c3ncc(C)s3)cc2N)cc1. The van der Waals surface area contributed by atoms with Crippen molar-refractivity contribution in [2.45, 2.75) is 20.5 Å². The number of nitrogen functional groups attached to an aromatic ring is 1. The normalized spacial score (nSPS) is 10.6. The van der Waals surface area contributed by atoms with Crippen LogP contribution in [0.25, 0.3) is 10.6 Å². The van der Waals surface area contributed by atoms with Crippen molar-refractivity contribution in [2.75, 3.05) is 5.73 Å². The average Bonchev–Trinajstić information content (AvgIpc) is 2.94. The first-order valence-corrected chi connectivity index (χ1v) is 7.94. The minimum absolute atomic E-state index is 0.514. The Morgan fingerprint density at radius 3 is 2.50 bits per heavy atom. The first kappa shape index (κ1) is 14.6. The molecule has 2 aromatic carbocycles. The Hall–Kier alpha value is -2.33. The van der Waals surface area contributed by atoms with Gasteiger partial charge in [-0.3, -0.25) is 0 Å². The van der Waals surface area contributed by atoms with Crippen molar-refractivity contribution < 1.29 is 4.74 Å². The molecule has 0 saturated carbocycles. The molecule has 0 unspecified atom stereocenters. The number of thiazole rings is 1. The zero-order chi connectivity index (χ0) is 15.5. The van der Waals surface area contributed by atoms with Gasteiger partial charge in [0.25, 0.3) is 0 Å².